The van der Waals surface area contributed by atoms with Crippen molar-refractivity contribution in [1.29, 1.82) is 0 Å². The summed E-state index contributed by atoms with van der Waals surface area (Å²) in [5.74, 6) is 0. The third-order valence-corrected chi connectivity index (χ3v) is 3.39. The second kappa shape index (κ2) is 5.16. The topological polar surface area (TPSA) is 0 Å². The molecule has 0 aromatic heterocycles. The van der Waals surface area contributed by atoms with Crippen molar-refractivity contribution in [2.75, 3.05) is 0 Å². The summed E-state index contributed by atoms with van der Waals surface area (Å²) in [5.41, 5.74) is 1.47. The lowest BCUT2D eigenvalue weighted by molar-refractivity contribution is 0.516. The van der Waals surface area contributed by atoms with E-state index in [1.807, 2.05) is 6.92 Å². The highest BCUT2D eigenvalue weighted by Crippen LogP contribution is 2.31. The van der Waals surface area contributed by atoms with Gasteiger partial charge in [0.25, 0.3) is 0 Å². The van der Waals surface area contributed by atoms with Gasteiger partial charge in [0.1, 0.15) is 0 Å². The summed E-state index contributed by atoms with van der Waals surface area (Å²) in [6.07, 6.45) is 4.22. The van der Waals surface area contributed by atoms with Crippen molar-refractivity contribution in [2.45, 2.75) is 27.7 Å². The summed E-state index contributed by atoms with van der Waals surface area (Å²) in [7, 11) is 0. The van der Waals surface area contributed by atoms with Crippen LogP contribution in [0.3, 0.4) is 0 Å². The first kappa shape index (κ1) is 13.2. The van der Waals surface area contributed by atoms with Gasteiger partial charge in [0.15, 0.2) is 0 Å². The van der Waals surface area contributed by atoms with Crippen molar-refractivity contribution in [2.24, 2.45) is 5.41 Å². The van der Waals surface area contributed by atoms with Crippen LogP contribution < -0.4 is 0 Å². The zero-order valence-electron chi connectivity index (χ0n) is 8.62. The molecule has 0 aliphatic heterocycles. The molecule has 0 spiro atoms. The minimum absolute atomic E-state index is 0.177. The Hall–Kier alpha value is 0.180. The van der Waals surface area contributed by atoms with Crippen LogP contribution in [0.4, 0.5) is 0 Å². The zero-order valence-corrected chi connectivity index (χ0v) is 11.8. The molecule has 0 N–H and O–H groups in total. The maximum Gasteiger partial charge on any atom is 0.0314 e. The molecule has 0 aromatic rings. The smallest absolute Gasteiger partial charge is 0.0314 e. The molecule has 0 amide bonds. The van der Waals surface area contributed by atoms with Crippen molar-refractivity contribution in [3.05, 3.63) is 33.3 Å². The van der Waals surface area contributed by atoms with E-state index in [0.29, 0.717) is 0 Å². The van der Waals surface area contributed by atoms with E-state index in [-0.39, 0.29) is 5.41 Å². The van der Waals surface area contributed by atoms with E-state index in [2.05, 4.69) is 71.4 Å². The van der Waals surface area contributed by atoms with Crippen LogP contribution in [-0.4, -0.2) is 0 Å². The van der Waals surface area contributed by atoms with Gasteiger partial charge < -0.3 is 0 Å². The molecule has 0 saturated heterocycles. The first-order chi connectivity index (χ1) is 5.79. The molecule has 13 heavy (non-hydrogen) atoms. The molecule has 0 aliphatic carbocycles. The predicted molar refractivity (Wildman–Crippen MR) is 68.3 cm³/mol. The molecule has 0 unspecified atom stereocenters. The molecule has 0 bridgehead atoms. The lowest BCUT2D eigenvalue weighted by Crippen LogP contribution is -2.07. The number of allylic oxidation sites excluding steroid dienone is 5. The van der Waals surface area contributed by atoms with Crippen LogP contribution in [0.5, 0.6) is 0 Å². The van der Waals surface area contributed by atoms with Gasteiger partial charge in [-0.05, 0) is 39.9 Å². The highest BCUT2D eigenvalue weighted by atomic mass is 79.9. The average Bonchev–Trinajstić information content (AvgIpc) is 1.96. The Morgan fingerprint density at radius 1 is 1.23 bits per heavy atom. The van der Waals surface area contributed by atoms with Crippen LogP contribution in [0, 0.1) is 5.41 Å². The maximum absolute atomic E-state index is 3.80. The van der Waals surface area contributed by atoms with Crippen molar-refractivity contribution < 1.29 is 0 Å². The van der Waals surface area contributed by atoms with Gasteiger partial charge in [-0.1, -0.05) is 49.4 Å². The number of hydrogen-bond acceptors (Lipinski definition) is 0. The first-order valence-corrected chi connectivity index (χ1v) is 5.76. The molecule has 0 fully saturated rings. The number of rotatable bonds is 2. The van der Waals surface area contributed by atoms with Crippen LogP contribution in [0.25, 0.3) is 0 Å². The van der Waals surface area contributed by atoms with Crippen LogP contribution in [0.2, 0.25) is 0 Å². The molecule has 0 heterocycles. The molecule has 0 nitrogen and oxygen atoms in total. The Balaban J connectivity index is 4.87. The van der Waals surface area contributed by atoms with Gasteiger partial charge in [-0.15, -0.1) is 0 Å². The summed E-state index contributed by atoms with van der Waals surface area (Å²) >= 11 is 6.78. The Bertz CT molecular complexity index is 252. The summed E-state index contributed by atoms with van der Waals surface area (Å²) in [6, 6.07) is 0. The van der Waals surface area contributed by atoms with Gasteiger partial charge in [0.2, 0.25) is 0 Å². The lowest BCUT2D eigenvalue weighted by atomic mass is 9.86. The van der Waals surface area contributed by atoms with Crippen molar-refractivity contribution in [3.8, 4) is 0 Å². The second-order valence-corrected chi connectivity index (χ2v) is 5.70. The van der Waals surface area contributed by atoms with Crippen LogP contribution >= 0.6 is 31.9 Å². The quantitative estimate of drug-likeness (QED) is 0.618. The van der Waals surface area contributed by atoms with Gasteiger partial charge in [-0.3, -0.25) is 0 Å². The molecule has 0 saturated carbocycles. The summed E-state index contributed by atoms with van der Waals surface area (Å²) < 4.78 is 1.87. The van der Waals surface area contributed by atoms with Crippen molar-refractivity contribution >= 4 is 31.9 Å². The third-order valence-electron chi connectivity index (χ3n) is 1.72. The van der Waals surface area contributed by atoms with Gasteiger partial charge in [-0.2, -0.15) is 0 Å². The average molecular weight is 308 g/mol. The number of hydrogen-bond donors (Lipinski definition) is 0. The summed E-state index contributed by atoms with van der Waals surface area (Å²) in [5, 5.41) is 0. The van der Waals surface area contributed by atoms with Crippen LogP contribution in [0.1, 0.15) is 27.7 Å². The highest BCUT2D eigenvalue weighted by Gasteiger charge is 2.14. The van der Waals surface area contributed by atoms with Crippen molar-refractivity contribution in [1.82, 2.24) is 0 Å². The minimum atomic E-state index is 0.177. The molecule has 0 aromatic carbocycles. The van der Waals surface area contributed by atoms with E-state index in [9.17, 15) is 0 Å². The Labute approximate surface area is 98.1 Å². The lowest BCUT2D eigenvalue weighted by Gasteiger charge is -2.20. The standard InChI is InChI=1S/C11H16Br2/c1-6-9(11(3,4)5)7-10(13)8(2)12/h6-7H,2H2,1,3-5H3/b9-6+,10-7+. The molecular weight excluding hydrogens is 292 g/mol. The Morgan fingerprint density at radius 3 is 1.92 bits per heavy atom. The minimum Gasteiger partial charge on any atom is -0.0839 e. The monoisotopic (exact) mass is 306 g/mol. The third kappa shape index (κ3) is 4.82. The Morgan fingerprint density at radius 2 is 1.69 bits per heavy atom. The van der Waals surface area contributed by atoms with E-state index in [1.54, 1.807) is 0 Å². The zero-order chi connectivity index (χ0) is 10.6. The van der Waals surface area contributed by atoms with Gasteiger partial charge in [0, 0.05) is 8.96 Å². The first-order valence-electron chi connectivity index (χ1n) is 4.17. The fourth-order valence-corrected chi connectivity index (χ4v) is 1.31. The molecule has 74 valence electrons. The normalized spacial score (nSPS) is 14.6. The predicted octanol–water partition coefficient (Wildman–Crippen LogP) is 5.17. The molecule has 0 rings (SSSR count). The van der Waals surface area contributed by atoms with Gasteiger partial charge in [-0.25, -0.2) is 0 Å². The largest absolute Gasteiger partial charge is 0.0839 e. The fourth-order valence-electron chi connectivity index (χ4n) is 0.948. The van der Waals surface area contributed by atoms with Crippen LogP contribution in [-0.2, 0) is 0 Å². The molecule has 0 radical (unpaired) electrons. The van der Waals surface area contributed by atoms with Crippen LogP contribution in [0.15, 0.2) is 33.3 Å². The van der Waals surface area contributed by atoms with Gasteiger partial charge >= 0.3 is 0 Å². The SMILES string of the molecule is C=C(Br)/C(Br)=C\C(=C/C)C(C)(C)C. The van der Waals surface area contributed by atoms with E-state index < -0.39 is 0 Å². The van der Waals surface area contributed by atoms with Crippen molar-refractivity contribution in [3.63, 3.8) is 0 Å². The Kier molecular flexibility index (Phi) is 5.23. The van der Waals surface area contributed by atoms with E-state index in [0.717, 1.165) is 8.96 Å². The molecular formula is C11H16Br2. The maximum atomic E-state index is 3.80. The van der Waals surface area contributed by atoms with E-state index in [4.69, 9.17) is 0 Å². The fraction of sp³-hybridized carbons (Fsp3) is 0.455. The van der Waals surface area contributed by atoms with Gasteiger partial charge in [0.05, 0.1) is 0 Å². The summed E-state index contributed by atoms with van der Waals surface area (Å²) in [4.78, 5) is 0. The van der Waals surface area contributed by atoms with E-state index >= 15 is 0 Å². The molecule has 0 atom stereocenters. The van der Waals surface area contributed by atoms with E-state index in [1.165, 1.54) is 5.57 Å². The molecule has 2 heteroatoms. The summed E-state index contributed by atoms with van der Waals surface area (Å²) in [6.45, 7) is 12.4. The second-order valence-electron chi connectivity index (χ2n) is 3.89. The highest BCUT2D eigenvalue weighted by molar-refractivity contribution is 9.15. The molecule has 0 aliphatic rings. The number of halogens is 2.